The van der Waals surface area contributed by atoms with Gasteiger partial charge in [0, 0.05) is 13.6 Å². The molecule has 2 amide bonds. The first kappa shape index (κ1) is 16.8. The Balaban J connectivity index is 1.97. The first-order valence-corrected chi connectivity index (χ1v) is 7.40. The fraction of sp³-hybridized carbons (Fsp3) is 0.278. The Morgan fingerprint density at radius 2 is 1.96 bits per heavy atom. The van der Waals surface area contributed by atoms with Gasteiger partial charge in [0.25, 0.3) is 0 Å². The number of halogens is 1. The van der Waals surface area contributed by atoms with Crippen LogP contribution in [0.15, 0.2) is 48.5 Å². The van der Waals surface area contributed by atoms with Gasteiger partial charge in [0.1, 0.15) is 0 Å². The third-order valence-electron chi connectivity index (χ3n) is 3.63. The van der Waals surface area contributed by atoms with Crippen LogP contribution >= 0.6 is 0 Å². The fourth-order valence-electron chi connectivity index (χ4n) is 2.26. The van der Waals surface area contributed by atoms with E-state index in [-0.39, 0.29) is 17.8 Å². The van der Waals surface area contributed by atoms with Crippen molar-refractivity contribution in [2.75, 3.05) is 14.2 Å². The zero-order valence-corrected chi connectivity index (χ0v) is 13.5. The number of hydrogen-bond donors (Lipinski definition) is 1. The number of amides is 2. The molecule has 0 radical (unpaired) electrons. The van der Waals surface area contributed by atoms with Crippen molar-refractivity contribution in [3.8, 4) is 5.75 Å². The standard InChI is InChI=1S/C18H21FN2O2/c1-13(15-9-10-17(23-3)16(19)11-15)20-18(22)21(2)12-14-7-5-4-6-8-14/h4-11,13H,12H2,1-3H3,(H,20,22)/t13-/m1/s1. The number of urea groups is 1. The largest absolute Gasteiger partial charge is 0.494 e. The second kappa shape index (κ2) is 7.63. The zero-order chi connectivity index (χ0) is 16.8. The molecule has 2 aromatic rings. The highest BCUT2D eigenvalue weighted by atomic mass is 19.1. The van der Waals surface area contributed by atoms with Gasteiger partial charge in [0.2, 0.25) is 0 Å². The van der Waals surface area contributed by atoms with Crippen LogP contribution in [0.1, 0.15) is 24.1 Å². The summed E-state index contributed by atoms with van der Waals surface area (Å²) in [6, 6.07) is 13.9. The summed E-state index contributed by atoms with van der Waals surface area (Å²) in [4.78, 5) is 13.8. The summed E-state index contributed by atoms with van der Waals surface area (Å²) < 4.78 is 18.6. The van der Waals surface area contributed by atoms with Gasteiger partial charge in [-0.1, -0.05) is 36.4 Å². The van der Waals surface area contributed by atoms with Gasteiger partial charge < -0.3 is 15.0 Å². The second-order valence-electron chi connectivity index (χ2n) is 5.41. The van der Waals surface area contributed by atoms with E-state index in [2.05, 4.69) is 5.32 Å². The van der Waals surface area contributed by atoms with E-state index in [0.717, 1.165) is 5.56 Å². The average molecular weight is 316 g/mol. The van der Waals surface area contributed by atoms with Crippen molar-refractivity contribution in [1.29, 1.82) is 0 Å². The number of carbonyl (C=O) groups excluding carboxylic acids is 1. The Bertz CT molecular complexity index is 661. The molecule has 0 aliphatic heterocycles. The number of nitrogens with one attached hydrogen (secondary N) is 1. The molecular formula is C18H21FN2O2. The third kappa shape index (κ3) is 4.45. The van der Waals surface area contributed by atoms with E-state index in [0.29, 0.717) is 12.1 Å². The number of rotatable bonds is 5. The van der Waals surface area contributed by atoms with Crippen LogP contribution < -0.4 is 10.1 Å². The normalized spacial score (nSPS) is 11.7. The molecule has 0 saturated heterocycles. The smallest absolute Gasteiger partial charge is 0.317 e. The van der Waals surface area contributed by atoms with Crippen LogP contribution in [0.3, 0.4) is 0 Å². The molecule has 1 N–H and O–H groups in total. The predicted molar refractivity (Wildman–Crippen MR) is 87.8 cm³/mol. The third-order valence-corrected chi connectivity index (χ3v) is 3.63. The molecule has 2 aromatic carbocycles. The molecule has 0 fully saturated rings. The minimum atomic E-state index is -0.441. The van der Waals surface area contributed by atoms with E-state index in [1.807, 2.05) is 37.3 Å². The summed E-state index contributed by atoms with van der Waals surface area (Å²) in [7, 11) is 3.14. The maximum Gasteiger partial charge on any atom is 0.317 e. The molecular weight excluding hydrogens is 295 g/mol. The molecule has 122 valence electrons. The first-order chi connectivity index (χ1) is 11.0. The van der Waals surface area contributed by atoms with Crippen molar-refractivity contribution in [2.45, 2.75) is 19.5 Å². The minimum Gasteiger partial charge on any atom is -0.494 e. The van der Waals surface area contributed by atoms with E-state index in [9.17, 15) is 9.18 Å². The molecule has 0 aromatic heterocycles. The van der Waals surface area contributed by atoms with Gasteiger partial charge >= 0.3 is 6.03 Å². The van der Waals surface area contributed by atoms with Crippen molar-refractivity contribution in [2.24, 2.45) is 0 Å². The van der Waals surface area contributed by atoms with E-state index < -0.39 is 5.82 Å². The lowest BCUT2D eigenvalue weighted by atomic mass is 10.1. The van der Waals surface area contributed by atoms with Crippen LogP contribution in [-0.2, 0) is 6.54 Å². The molecule has 0 heterocycles. The second-order valence-corrected chi connectivity index (χ2v) is 5.41. The van der Waals surface area contributed by atoms with Gasteiger partial charge in [-0.2, -0.15) is 0 Å². The van der Waals surface area contributed by atoms with E-state index in [4.69, 9.17) is 4.74 Å². The van der Waals surface area contributed by atoms with E-state index >= 15 is 0 Å². The van der Waals surface area contributed by atoms with Crippen LogP contribution in [-0.4, -0.2) is 25.1 Å². The Morgan fingerprint density at radius 3 is 2.57 bits per heavy atom. The Labute approximate surface area is 135 Å². The molecule has 0 saturated carbocycles. The van der Waals surface area contributed by atoms with Crippen LogP contribution in [0.2, 0.25) is 0 Å². The highest BCUT2D eigenvalue weighted by Crippen LogP contribution is 2.21. The fourth-order valence-corrected chi connectivity index (χ4v) is 2.26. The molecule has 4 nitrogen and oxygen atoms in total. The van der Waals surface area contributed by atoms with Crippen molar-refractivity contribution in [3.05, 3.63) is 65.5 Å². The molecule has 1 atom stereocenters. The molecule has 0 bridgehead atoms. The van der Waals surface area contributed by atoms with Crippen molar-refractivity contribution < 1.29 is 13.9 Å². The van der Waals surface area contributed by atoms with Gasteiger partial charge in [-0.15, -0.1) is 0 Å². The zero-order valence-electron chi connectivity index (χ0n) is 13.5. The Morgan fingerprint density at radius 1 is 1.26 bits per heavy atom. The maximum atomic E-state index is 13.7. The van der Waals surface area contributed by atoms with E-state index in [1.54, 1.807) is 24.1 Å². The maximum absolute atomic E-state index is 13.7. The number of benzene rings is 2. The molecule has 0 aliphatic rings. The van der Waals surface area contributed by atoms with Crippen molar-refractivity contribution in [1.82, 2.24) is 10.2 Å². The van der Waals surface area contributed by atoms with Gasteiger partial charge in [-0.25, -0.2) is 9.18 Å². The summed E-state index contributed by atoms with van der Waals surface area (Å²) in [5.41, 5.74) is 1.73. The number of ether oxygens (including phenoxy) is 1. The van der Waals surface area contributed by atoms with Crippen LogP contribution in [0.25, 0.3) is 0 Å². The number of hydrogen-bond acceptors (Lipinski definition) is 2. The monoisotopic (exact) mass is 316 g/mol. The molecule has 23 heavy (non-hydrogen) atoms. The van der Waals surface area contributed by atoms with Crippen LogP contribution in [0.4, 0.5) is 9.18 Å². The van der Waals surface area contributed by atoms with Gasteiger partial charge in [-0.3, -0.25) is 0 Å². The van der Waals surface area contributed by atoms with Gasteiger partial charge in [0.15, 0.2) is 11.6 Å². The summed E-state index contributed by atoms with van der Waals surface area (Å²) in [5.74, 6) is -0.253. The Hall–Kier alpha value is -2.56. The predicted octanol–water partition coefficient (Wildman–Crippen LogP) is 3.74. The lowest BCUT2D eigenvalue weighted by molar-refractivity contribution is 0.203. The van der Waals surface area contributed by atoms with Crippen LogP contribution in [0.5, 0.6) is 5.75 Å². The SMILES string of the molecule is COc1ccc([C@@H](C)NC(=O)N(C)Cc2ccccc2)cc1F. The van der Waals surface area contributed by atoms with Crippen molar-refractivity contribution >= 4 is 6.03 Å². The number of carbonyl (C=O) groups is 1. The quantitative estimate of drug-likeness (QED) is 0.913. The molecule has 0 unspecified atom stereocenters. The highest BCUT2D eigenvalue weighted by molar-refractivity contribution is 5.74. The number of nitrogens with zero attached hydrogens (tertiary/aromatic N) is 1. The first-order valence-electron chi connectivity index (χ1n) is 7.40. The van der Waals surface area contributed by atoms with Crippen molar-refractivity contribution in [3.63, 3.8) is 0 Å². The average Bonchev–Trinajstić information content (AvgIpc) is 2.55. The lowest BCUT2D eigenvalue weighted by Gasteiger charge is -2.22. The van der Waals surface area contributed by atoms with Gasteiger partial charge in [0.05, 0.1) is 13.2 Å². The minimum absolute atomic E-state index is 0.188. The van der Waals surface area contributed by atoms with Gasteiger partial charge in [-0.05, 0) is 30.2 Å². The Kier molecular flexibility index (Phi) is 5.57. The topological polar surface area (TPSA) is 41.6 Å². The summed E-state index contributed by atoms with van der Waals surface area (Å²) >= 11 is 0. The van der Waals surface area contributed by atoms with Crippen LogP contribution in [0, 0.1) is 5.82 Å². The molecule has 5 heteroatoms. The van der Waals surface area contributed by atoms with E-state index in [1.165, 1.54) is 13.2 Å². The lowest BCUT2D eigenvalue weighted by Crippen LogP contribution is -2.38. The molecule has 0 spiro atoms. The highest BCUT2D eigenvalue weighted by Gasteiger charge is 2.15. The summed E-state index contributed by atoms with van der Waals surface area (Å²) in [5, 5.41) is 2.86. The summed E-state index contributed by atoms with van der Waals surface area (Å²) in [6.45, 7) is 2.33. The molecule has 0 aliphatic carbocycles. The number of methoxy groups -OCH3 is 1. The molecule has 2 rings (SSSR count). The summed E-state index contributed by atoms with van der Waals surface area (Å²) in [6.07, 6.45) is 0.